The predicted octanol–water partition coefficient (Wildman–Crippen LogP) is -2.59. The number of nitrogens with one attached hydrogen (secondary N) is 8. The van der Waals surface area contributed by atoms with Crippen molar-refractivity contribution in [2.75, 3.05) is 26.2 Å². The fraction of sp³-hybridized carbons (Fsp3) is 0.760. The quantitative estimate of drug-likeness (QED) is 0.0483. The second kappa shape index (κ2) is 30.1. The van der Waals surface area contributed by atoms with Crippen molar-refractivity contribution in [2.24, 2.45) is 56.6 Å². The van der Waals surface area contributed by atoms with Gasteiger partial charge in [0.2, 0.25) is 59.1 Å². The van der Waals surface area contributed by atoms with Crippen molar-refractivity contribution in [1.29, 1.82) is 0 Å². The van der Waals surface area contributed by atoms with Crippen molar-refractivity contribution in [3.05, 3.63) is 0 Å². The Bertz CT molecular complexity index is 1980. The Morgan fingerprint density at radius 3 is 1.08 bits per heavy atom. The first kappa shape index (κ1) is 63.5. The molecular formula is C50H88N16O10. The van der Waals surface area contributed by atoms with Crippen molar-refractivity contribution in [3.8, 4) is 0 Å². The number of nitrogens with two attached hydrogens (primary N) is 4. The zero-order valence-electron chi connectivity index (χ0n) is 46.2. The van der Waals surface area contributed by atoms with E-state index in [0.29, 0.717) is 12.8 Å². The third-order valence-corrected chi connectivity index (χ3v) is 13.5. The van der Waals surface area contributed by atoms with Gasteiger partial charge in [0.15, 0.2) is 11.9 Å². The summed E-state index contributed by atoms with van der Waals surface area (Å²) in [6, 6.07) is -11.8. The third kappa shape index (κ3) is 19.4. The standard InChI is InChI=1S/C50H88N16O10/c1-25(2)23-33-41(69)57-29(9)47(75)65-21-13-17-35(65)43(71)64-38(28(7)8)46(74)60-32(16-12-20-56-50(53)54)40(68)62-34(24-26(3)4)42(70)58-30(10)48(76)66-22-14-18-36(66)44(72)63-37(27(5)6)45(73)59-31(39(67)61-33)15-11-19-55-49(51)52/h25-38H,11-24H2,1-10H3,(H,57,69)(H,58,70)(H,59,73)(H,60,74)(H,61,67)(H,62,68)(H,63,72)(H,64,71)(H4,51,52,55)(H4,53,54,56)/t29-,30-,31+,32+,33+,34+,35+,36+,37+,38+/m1/s1. The van der Waals surface area contributed by atoms with E-state index in [4.69, 9.17) is 22.9 Å². The topological polar surface area (TPSA) is 402 Å². The summed E-state index contributed by atoms with van der Waals surface area (Å²) in [5.41, 5.74) is 22.1. The SMILES string of the molecule is CC(C)C[C@@H]1NC(=O)[C@H](CCCN=C(N)N)NC(=O)[C@H](C(C)C)NC(=O)[C@@H]2CCCN2C(=O)[C@@H](C)NC(=O)[C@H](CC(C)C)NC(=O)[C@H](CCCN=C(N)N)NC(=O)[C@H](C(C)C)NC(=O)[C@@H]2CCCN2C(=O)[C@@H](C)NC1=O. The summed E-state index contributed by atoms with van der Waals surface area (Å²) in [4.78, 5) is 152. The zero-order chi connectivity index (χ0) is 57.1. The fourth-order valence-electron chi connectivity index (χ4n) is 9.44. The molecule has 0 aromatic rings. The second-order valence-electron chi connectivity index (χ2n) is 21.7. The van der Waals surface area contributed by atoms with Gasteiger partial charge in [0.1, 0.15) is 60.4 Å². The molecule has 16 N–H and O–H groups in total. The lowest BCUT2D eigenvalue weighted by Gasteiger charge is -2.32. The highest BCUT2D eigenvalue weighted by Gasteiger charge is 2.42. The second-order valence-corrected chi connectivity index (χ2v) is 21.7. The molecule has 3 rings (SSSR count). The van der Waals surface area contributed by atoms with Crippen molar-refractivity contribution >= 4 is 71.0 Å². The van der Waals surface area contributed by atoms with Gasteiger partial charge < -0.3 is 75.3 Å². The van der Waals surface area contributed by atoms with Crippen LogP contribution in [0.1, 0.15) is 133 Å². The van der Waals surface area contributed by atoms with E-state index in [1.54, 1.807) is 27.7 Å². The molecule has 26 heteroatoms. The molecule has 0 aromatic carbocycles. The van der Waals surface area contributed by atoms with Crippen LogP contribution >= 0.6 is 0 Å². The Labute approximate surface area is 446 Å². The maximum Gasteiger partial charge on any atom is 0.245 e. The summed E-state index contributed by atoms with van der Waals surface area (Å²) in [6.45, 7) is 17.6. The fourth-order valence-corrected chi connectivity index (χ4v) is 9.44. The summed E-state index contributed by atoms with van der Waals surface area (Å²) in [7, 11) is 0. The van der Waals surface area contributed by atoms with Crippen molar-refractivity contribution in [2.45, 2.75) is 194 Å². The number of fused-ring (bicyclic) bond motifs is 2. The molecule has 3 aliphatic rings. The minimum absolute atomic E-state index is 0.00720. The van der Waals surface area contributed by atoms with E-state index in [9.17, 15) is 47.9 Å². The van der Waals surface area contributed by atoms with Gasteiger partial charge in [-0.15, -0.1) is 0 Å². The lowest BCUT2D eigenvalue weighted by molar-refractivity contribution is -0.143. The average molecular weight is 1070 g/mol. The molecule has 3 heterocycles. The van der Waals surface area contributed by atoms with E-state index in [1.807, 2.05) is 27.7 Å². The third-order valence-electron chi connectivity index (χ3n) is 13.5. The van der Waals surface area contributed by atoms with E-state index in [-0.39, 0.29) is 101 Å². The molecule has 26 nitrogen and oxygen atoms in total. The van der Waals surface area contributed by atoms with Gasteiger partial charge in [-0.2, -0.15) is 0 Å². The number of hydrogen-bond donors (Lipinski definition) is 12. The number of guanidine groups is 2. The van der Waals surface area contributed by atoms with E-state index in [1.165, 1.54) is 23.6 Å². The molecule has 0 aliphatic carbocycles. The van der Waals surface area contributed by atoms with Crippen LogP contribution in [0.2, 0.25) is 0 Å². The van der Waals surface area contributed by atoms with Crippen LogP contribution in [-0.2, 0) is 47.9 Å². The highest BCUT2D eigenvalue weighted by atomic mass is 16.2. The van der Waals surface area contributed by atoms with Crippen molar-refractivity contribution < 1.29 is 47.9 Å². The lowest BCUT2D eigenvalue weighted by atomic mass is 10.00. The highest BCUT2D eigenvalue weighted by molar-refractivity contribution is 5.99. The van der Waals surface area contributed by atoms with Crippen LogP contribution in [0.5, 0.6) is 0 Å². The van der Waals surface area contributed by atoms with Gasteiger partial charge in [0.25, 0.3) is 0 Å². The van der Waals surface area contributed by atoms with E-state index >= 15 is 0 Å². The molecule has 428 valence electrons. The number of rotatable bonds is 14. The van der Waals surface area contributed by atoms with E-state index in [2.05, 4.69) is 52.5 Å². The van der Waals surface area contributed by atoms with E-state index in [0.717, 1.165) is 0 Å². The van der Waals surface area contributed by atoms with Crippen LogP contribution in [0.15, 0.2) is 9.98 Å². The molecule has 0 saturated carbocycles. The number of hydrogen-bond acceptors (Lipinski definition) is 12. The van der Waals surface area contributed by atoms with Crippen LogP contribution in [0.4, 0.5) is 0 Å². The summed E-state index contributed by atoms with van der Waals surface area (Å²) < 4.78 is 0. The van der Waals surface area contributed by atoms with Crippen LogP contribution in [0.3, 0.4) is 0 Å². The van der Waals surface area contributed by atoms with Gasteiger partial charge in [0, 0.05) is 26.2 Å². The van der Waals surface area contributed by atoms with Crippen molar-refractivity contribution in [3.63, 3.8) is 0 Å². The summed E-state index contributed by atoms with van der Waals surface area (Å²) in [6.07, 6.45) is 2.05. The number of carbonyl (C=O) groups is 10. The van der Waals surface area contributed by atoms with Gasteiger partial charge in [-0.1, -0.05) is 55.4 Å². The number of carbonyl (C=O) groups excluding carboxylic acids is 10. The monoisotopic (exact) mass is 1070 g/mol. The first-order valence-electron chi connectivity index (χ1n) is 26.8. The summed E-state index contributed by atoms with van der Waals surface area (Å²) in [5.74, 6) is -8.46. The van der Waals surface area contributed by atoms with Gasteiger partial charge in [0.05, 0.1) is 0 Å². The van der Waals surface area contributed by atoms with Gasteiger partial charge >= 0.3 is 0 Å². The Morgan fingerprint density at radius 1 is 0.461 bits per heavy atom. The molecule has 76 heavy (non-hydrogen) atoms. The number of amides is 10. The van der Waals surface area contributed by atoms with Gasteiger partial charge in [-0.05, 0) is 102 Å². The Kier molecular flexibility index (Phi) is 25.2. The van der Waals surface area contributed by atoms with Gasteiger partial charge in [-0.3, -0.25) is 57.9 Å². The van der Waals surface area contributed by atoms with Crippen LogP contribution in [0.25, 0.3) is 0 Å². The summed E-state index contributed by atoms with van der Waals surface area (Å²) in [5, 5.41) is 22.0. The molecule has 0 spiro atoms. The molecule has 0 radical (unpaired) electrons. The first-order chi connectivity index (χ1) is 35.6. The average Bonchev–Trinajstić information content (AvgIpc) is 4.03. The first-order valence-corrected chi connectivity index (χ1v) is 26.8. The number of aliphatic imine (C=N–C) groups is 2. The largest absolute Gasteiger partial charge is 0.370 e. The highest BCUT2D eigenvalue weighted by Crippen LogP contribution is 2.22. The van der Waals surface area contributed by atoms with Crippen LogP contribution in [-0.4, -0.2) is 167 Å². The number of nitrogens with zero attached hydrogens (tertiary/aromatic N) is 4. The Balaban J connectivity index is 2.12. The Morgan fingerprint density at radius 2 is 0.776 bits per heavy atom. The minimum atomic E-state index is -1.26. The van der Waals surface area contributed by atoms with Crippen LogP contribution in [0, 0.1) is 23.7 Å². The predicted molar refractivity (Wildman–Crippen MR) is 285 cm³/mol. The van der Waals surface area contributed by atoms with Gasteiger partial charge in [-0.25, -0.2) is 0 Å². The molecule has 0 bridgehead atoms. The smallest absolute Gasteiger partial charge is 0.245 e. The normalized spacial score (nSPS) is 27.6. The molecule has 3 fully saturated rings. The minimum Gasteiger partial charge on any atom is -0.370 e. The zero-order valence-corrected chi connectivity index (χ0v) is 46.2. The maximum absolute atomic E-state index is 14.2. The van der Waals surface area contributed by atoms with Crippen molar-refractivity contribution in [1.82, 2.24) is 52.3 Å². The molecule has 0 unspecified atom stereocenters. The van der Waals surface area contributed by atoms with E-state index < -0.39 is 131 Å². The molecule has 3 saturated heterocycles. The molecule has 0 aromatic heterocycles. The Hall–Kier alpha value is -6.76. The molecule has 3 aliphatic heterocycles. The molecule has 10 atom stereocenters. The van der Waals surface area contributed by atoms with Crippen LogP contribution < -0.4 is 65.5 Å². The lowest BCUT2D eigenvalue weighted by Crippen LogP contribution is -2.61. The molecular weight excluding hydrogens is 985 g/mol. The maximum atomic E-state index is 14.2. The molecule has 10 amide bonds. The summed E-state index contributed by atoms with van der Waals surface area (Å²) >= 11 is 0.